The van der Waals surface area contributed by atoms with E-state index in [1.54, 1.807) is 0 Å². The summed E-state index contributed by atoms with van der Waals surface area (Å²) in [6.07, 6.45) is 0. The lowest BCUT2D eigenvalue weighted by atomic mass is 10.3. The summed E-state index contributed by atoms with van der Waals surface area (Å²) in [5, 5.41) is 13.8. The lowest BCUT2D eigenvalue weighted by Gasteiger charge is -2.08. The van der Waals surface area contributed by atoms with Gasteiger partial charge in [-0.1, -0.05) is 6.07 Å². The van der Waals surface area contributed by atoms with Crippen molar-refractivity contribution < 1.29 is 4.92 Å². The topological polar surface area (TPSA) is 119 Å². The predicted molar refractivity (Wildman–Crippen MR) is 75.0 cm³/mol. The van der Waals surface area contributed by atoms with Gasteiger partial charge in [0.25, 0.3) is 0 Å². The Kier molecular flexibility index (Phi) is 4.06. The highest BCUT2D eigenvalue weighted by atomic mass is 16.6. The monoisotopic (exact) mass is 274 g/mol. The summed E-state index contributed by atoms with van der Waals surface area (Å²) < 4.78 is 0. The summed E-state index contributed by atoms with van der Waals surface area (Å²) >= 11 is 0. The molecular weight excluding hydrogens is 260 g/mol. The van der Waals surface area contributed by atoms with Crippen LogP contribution in [0.4, 0.5) is 17.3 Å². The Labute approximate surface area is 115 Å². The Balaban J connectivity index is 2.21. The number of pyridine rings is 2. The van der Waals surface area contributed by atoms with Crippen LogP contribution >= 0.6 is 0 Å². The quantitative estimate of drug-likeness (QED) is 0.430. The van der Waals surface area contributed by atoms with E-state index in [4.69, 9.17) is 5.84 Å². The van der Waals surface area contributed by atoms with Crippen molar-refractivity contribution in [3.05, 3.63) is 51.8 Å². The van der Waals surface area contributed by atoms with E-state index in [2.05, 4.69) is 20.7 Å². The minimum Gasteiger partial charge on any atom is -0.359 e. The van der Waals surface area contributed by atoms with Crippen molar-refractivity contribution in [2.45, 2.75) is 13.5 Å². The molecular formula is C12H14N6O2. The Morgan fingerprint density at radius 2 is 2.10 bits per heavy atom. The summed E-state index contributed by atoms with van der Waals surface area (Å²) in [5.41, 5.74) is 3.89. The molecule has 0 saturated heterocycles. The van der Waals surface area contributed by atoms with Crippen molar-refractivity contribution in [2.75, 3.05) is 10.7 Å². The van der Waals surface area contributed by atoms with Crippen molar-refractivity contribution in [1.82, 2.24) is 9.97 Å². The fraction of sp³-hybridized carbons (Fsp3) is 0.167. The number of hydrogen-bond donors (Lipinski definition) is 3. The Hall–Kier alpha value is -2.74. The van der Waals surface area contributed by atoms with E-state index in [1.807, 2.05) is 25.1 Å². The molecule has 8 heteroatoms. The zero-order valence-electron chi connectivity index (χ0n) is 10.8. The number of rotatable bonds is 5. The molecule has 0 aliphatic rings. The van der Waals surface area contributed by atoms with Crippen LogP contribution in [0.15, 0.2) is 30.3 Å². The van der Waals surface area contributed by atoms with Gasteiger partial charge in [-0.3, -0.25) is 15.1 Å². The third-order valence-electron chi connectivity index (χ3n) is 2.60. The number of hydrogen-bond acceptors (Lipinski definition) is 7. The maximum atomic E-state index is 10.9. The number of nitrogens with two attached hydrogens (primary N) is 1. The van der Waals surface area contributed by atoms with Crippen LogP contribution in [0.25, 0.3) is 0 Å². The summed E-state index contributed by atoms with van der Waals surface area (Å²) in [6, 6.07) is 8.36. The molecule has 2 aromatic rings. The minimum absolute atomic E-state index is 0.114. The standard InChI is InChI=1S/C12H14N6O2/c1-8-3-2-4-9(15-8)7-14-12-10(18(19)20)5-6-11(16-12)17-13/h2-6H,7,13H2,1H3,(H2,14,16,17). The fourth-order valence-electron chi connectivity index (χ4n) is 1.68. The first-order chi connectivity index (χ1) is 9.60. The van der Waals surface area contributed by atoms with Crippen molar-refractivity contribution in [1.29, 1.82) is 0 Å². The summed E-state index contributed by atoms with van der Waals surface area (Å²) in [5.74, 6) is 5.74. The fourth-order valence-corrected chi connectivity index (χ4v) is 1.68. The lowest BCUT2D eigenvalue weighted by Crippen LogP contribution is -2.11. The zero-order chi connectivity index (χ0) is 14.5. The van der Waals surface area contributed by atoms with E-state index in [0.717, 1.165) is 11.4 Å². The molecule has 4 N–H and O–H groups in total. The summed E-state index contributed by atoms with van der Waals surface area (Å²) in [4.78, 5) is 18.8. The maximum absolute atomic E-state index is 10.9. The van der Waals surface area contributed by atoms with Gasteiger partial charge in [-0.15, -0.1) is 0 Å². The van der Waals surface area contributed by atoms with Gasteiger partial charge in [-0.2, -0.15) is 0 Å². The highest BCUT2D eigenvalue weighted by molar-refractivity contribution is 5.60. The molecule has 104 valence electrons. The molecule has 0 spiro atoms. The lowest BCUT2D eigenvalue weighted by molar-refractivity contribution is -0.384. The molecule has 0 bridgehead atoms. The highest BCUT2D eigenvalue weighted by Gasteiger charge is 2.15. The number of nitrogen functional groups attached to an aromatic ring is 1. The predicted octanol–water partition coefficient (Wildman–Crippen LogP) is 1.59. The molecule has 8 nitrogen and oxygen atoms in total. The SMILES string of the molecule is Cc1cccc(CNc2nc(NN)ccc2[N+](=O)[O-])n1. The van der Waals surface area contributed by atoms with Crippen LogP contribution in [0.1, 0.15) is 11.4 Å². The molecule has 2 aromatic heterocycles. The molecule has 0 aliphatic heterocycles. The molecule has 0 unspecified atom stereocenters. The van der Waals surface area contributed by atoms with Crippen molar-refractivity contribution in [2.24, 2.45) is 5.84 Å². The van der Waals surface area contributed by atoms with Crippen molar-refractivity contribution in [3.63, 3.8) is 0 Å². The molecule has 2 rings (SSSR count). The first-order valence-electron chi connectivity index (χ1n) is 5.88. The third kappa shape index (κ3) is 3.18. The van der Waals surface area contributed by atoms with Gasteiger partial charge in [0.15, 0.2) is 0 Å². The molecule has 20 heavy (non-hydrogen) atoms. The van der Waals surface area contributed by atoms with E-state index >= 15 is 0 Å². The van der Waals surface area contributed by atoms with Gasteiger partial charge in [-0.05, 0) is 25.1 Å². The molecule has 0 aromatic carbocycles. The number of aryl methyl sites for hydroxylation is 1. The van der Waals surface area contributed by atoms with Crippen LogP contribution in [0, 0.1) is 17.0 Å². The van der Waals surface area contributed by atoms with Crippen LogP contribution < -0.4 is 16.6 Å². The third-order valence-corrected chi connectivity index (χ3v) is 2.60. The summed E-state index contributed by atoms with van der Waals surface area (Å²) in [6.45, 7) is 2.21. The van der Waals surface area contributed by atoms with Gasteiger partial charge in [0.1, 0.15) is 5.82 Å². The highest BCUT2D eigenvalue weighted by Crippen LogP contribution is 2.24. The Bertz CT molecular complexity index is 631. The number of hydrazine groups is 1. The van der Waals surface area contributed by atoms with Crippen molar-refractivity contribution in [3.8, 4) is 0 Å². The smallest absolute Gasteiger partial charge is 0.311 e. The Morgan fingerprint density at radius 1 is 1.30 bits per heavy atom. The second-order valence-electron chi connectivity index (χ2n) is 4.09. The molecule has 0 amide bonds. The first-order valence-corrected chi connectivity index (χ1v) is 5.88. The second-order valence-corrected chi connectivity index (χ2v) is 4.09. The van der Waals surface area contributed by atoms with Crippen molar-refractivity contribution >= 4 is 17.3 Å². The maximum Gasteiger partial charge on any atom is 0.311 e. The Morgan fingerprint density at radius 3 is 2.75 bits per heavy atom. The minimum atomic E-state index is -0.501. The van der Waals surface area contributed by atoms with Gasteiger partial charge in [0, 0.05) is 11.8 Å². The molecule has 0 saturated carbocycles. The average Bonchev–Trinajstić information content (AvgIpc) is 2.44. The van der Waals surface area contributed by atoms with Crippen LogP contribution in [0.2, 0.25) is 0 Å². The van der Waals surface area contributed by atoms with Crippen LogP contribution in [-0.4, -0.2) is 14.9 Å². The molecule has 2 heterocycles. The largest absolute Gasteiger partial charge is 0.359 e. The second kappa shape index (κ2) is 5.93. The number of aromatic nitrogens is 2. The van der Waals surface area contributed by atoms with E-state index in [9.17, 15) is 10.1 Å². The van der Waals surface area contributed by atoms with Gasteiger partial charge < -0.3 is 10.7 Å². The zero-order valence-corrected chi connectivity index (χ0v) is 10.8. The van der Waals surface area contributed by atoms with Gasteiger partial charge in [-0.25, -0.2) is 10.8 Å². The van der Waals surface area contributed by atoms with Crippen LogP contribution in [0.5, 0.6) is 0 Å². The molecule has 0 fully saturated rings. The number of nitro groups is 1. The summed E-state index contributed by atoms with van der Waals surface area (Å²) in [7, 11) is 0. The van der Waals surface area contributed by atoms with Gasteiger partial charge in [0.2, 0.25) is 5.82 Å². The van der Waals surface area contributed by atoms with Gasteiger partial charge >= 0.3 is 5.69 Å². The molecule has 0 radical (unpaired) electrons. The number of nitrogens with zero attached hydrogens (tertiary/aromatic N) is 3. The van der Waals surface area contributed by atoms with E-state index in [0.29, 0.717) is 12.4 Å². The molecule has 0 aliphatic carbocycles. The number of nitrogens with one attached hydrogen (secondary N) is 2. The van der Waals surface area contributed by atoms with E-state index < -0.39 is 4.92 Å². The van der Waals surface area contributed by atoms with Crippen LogP contribution in [0.3, 0.4) is 0 Å². The van der Waals surface area contributed by atoms with Crippen LogP contribution in [-0.2, 0) is 6.54 Å². The van der Waals surface area contributed by atoms with Gasteiger partial charge in [0.05, 0.1) is 17.2 Å². The normalized spacial score (nSPS) is 10.1. The number of anilines is 2. The first kappa shape index (κ1) is 13.7. The molecule has 0 atom stereocenters. The van der Waals surface area contributed by atoms with E-state index in [1.165, 1.54) is 12.1 Å². The average molecular weight is 274 g/mol. The van der Waals surface area contributed by atoms with E-state index in [-0.39, 0.29) is 11.5 Å².